The number of hydrogen-bond donors (Lipinski definition) is 2. The number of nitrogens with zero attached hydrogens (tertiary/aromatic N) is 1. The lowest BCUT2D eigenvalue weighted by Gasteiger charge is -2.23. The highest BCUT2D eigenvalue weighted by atomic mass is 16.5. The second kappa shape index (κ2) is 6.59. The maximum Gasteiger partial charge on any atom is 0.124 e. The summed E-state index contributed by atoms with van der Waals surface area (Å²) in [5.74, 6) is 1.50. The van der Waals surface area contributed by atoms with Gasteiger partial charge in [-0.05, 0) is 75.5 Å². The molecule has 1 saturated heterocycles. The SMILES string of the molecule is Cc1c(OC(C)C2CCCN2)ccc(-c2cccc(N)n2)c1C. The summed E-state index contributed by atoms with van der Waals surface area (Å²) in [6.07, 6.45) is 2.59. The van der Waals surface area contributed by atoms with Gasteiger partial charge in [-0.3, -0.25) is 0 Å². The van der Waals surface area contributed by atoms with Crippen LogP contribution >= 0.6 is 0 Å². The van der Waals surface area contributed by atoms with Gasteiger partial charge in [0.25, 0.3) is 0 Å². The zero-order valence-corrected chi connectivity index (χ0v) is 14.1. The highest BCUT2D eigenvalue weighted by Gasteiger charge is 2.23. The predicted molar refractivity (Wildman–Crippen MR) is 94.7 cm³/mol. The molecule has 122 valence electrons. The van der Waals surface area contributed by atoms with Gasteiger partial charge in [-0.1, -0.05) is 6.07 Å². The number of benzene rings is 1. The molecule has 2 atom stereocenters. The van der Waals surface area contributed by atoms with E-state index in [4.69, 9.17) is 10.5 Å². The average Bonchev–Trinajstić information content (AvgIpc) is 3.06. The number of rotatable bonds is 4. The molecular weight excluding hydrogens is 286 g/mol. The second-order valence-corrected chi connectivity index (χ2v) is 6.33. The standard InChI is InChI=1S/C19H25N3O/c1-12-13(2)18(23-14(3)16-7-5-11-21-16)10-9-15(12)17-6-4-8-19(20)22-17/h4,6,8-10,14,16,21H,5,7,11H2,1-3H3,(H2,20,22). The summed E-state index contributed by atoms with van der Waals surface area (Å²) in [5, 5.41) is 3.51. The van der Waals surface area contributed by atoms with Crippen LogP contribution in [-0.2, 0) is 0 Å². The quantitative estimate of drug-likeness (QED) is 0.907. The van der Waals surface area contributed by atoms with Crippen LogP contribution in [0.2, 0.25) is 0 Å². The van der Waals surface area contributed by atoms with Gasteiger partial charge in [-0.25, -0.2) is 4.98 Å². The first-order chi connectivity index (χ1) is 11.1. The number of aromatic nitrogens is 1. The summed E-state index contributed by atoms with van der Waals surface area (Å²) in [6, 6.07) is 10.3. The van der Waals surface area contributed by atoms with Gasteiger partial charge in [-0.2, -0.15) is 0 Å². The molecule has 3 rings (SSSR count). The molecule has 0 amide bonds. The van der Waals surface area contributed by atoms with Crippen LogP contribution in [0.15, 0.2) is 30.3 Å². The lowest BCUT2D eigenvalue weighted by molar-refractivity contribution is 0.178. The normalized spacial score (nSPS) is 18.8. The predicted octanol–water partition coefficient (Wildman–Crippen LogP) is 3.47. The summed E-state index contributed by atoms with van der Waals surface area (Å²) in [5.41, 5.74) is 10.2. The van der Waals surface area contributed by atoms with Crippen molar-refractivity contribution in [1.29, 1.82) is 0 Å². The monoisotopic (exact) mass is 311 g/mol. The molecule has 1 fully saturated rings. The largest absolute Gasteiger partial charge is 0.489 e. The molecule has 0 saturated carbocycles. The molecule has 4 heteroatoms. The first-order valence-corrected chi connectivity index (χ1v) is 8.29. The van der Waals surface area contributed by atoms with E-state index in [2.05, 4.69) is 37.1 Å². The molecule has 1 aromatic carbocycles. The van der Waals surface area contributed by atoms with E-state index in [1.54, 1.807) is 6.07 Å². The molecule has 3 N–H and O–H groups in total. The average molecular weight is 311 g/mol. The first kappa shape index (κ1) is 15.8. The van der Waals surface area contributed by atoms with Gasteiger partial charge in [0.05, 0.1) is 5.69 Å². The summed E-state index contributed by atoms with van der Waals surface area (Å²) < 4.78 is 6.22. The van der Waals surface area contributed by atoms with E-state index >= 15 is 0 Å². The van der Waals surface area contributed by atoms with Crippen LogP contribution in [-0.4, -0.2) is 23.7 Å². The number of nitrogens with two attached hydrogens (primary N) is 1. The van der Waals surface area contributed by atoms with Crippen LogP contribution in [0.25, 0.3) is 11.3 Å². The molecule has 1 aliphatic heterocycles. The van der Waals surface area contributed by atoms with E-state index in [0.29, 0.717) is 11.9 Å². The Morgan fingerprint density at radius 1 is 1.22 bits per heavy atom. The van der Waals surface area contributed by atoms with Crippen molar-refractivity contribution in [3.05, 3.63) is 41.5 Å². The maximum absolute atomic E-state index is 6.22. The lowest BCUT2D eigenvalue weighted by atomic mass is 9.99. The van der Waals surface area contributed by atoms with Gasteiger partial charge in [0.15, 0.2) is 0 Å². The Hall–Kier alpha value is -2.07. The van der Waals surface area contributed by atoms with Gasteiger partial charge in [0.2, 0.25) is 0 Å². The van der Waals surface area contributed by atoms with E-state index in [1.165, 1.54) is 18.4 Å². The fourth-order valence-corrected chi connectivity index (χ4v) is 3.20. The molecule has 23 heavy (non-hydrogen) atoms. The summed E-state index contributed by atoms with van der Waals surface area (Å²) >= 11 is 0. The highest BCUT2D eigenvalue weighted by Crippen LogP contribution is 2.31. The van der Waals surface area contributed by atoms with Gasteiger partial charge in [0.1, 0.15) is 17.7 Å². The Kier molecular flexibility index (Phi) is 4.53. The number of pyridine rings is 1. The van der Waals surface area contributed by atoms with E-state index < -0.39 is 0 Å². The summed E-state index contributed by atoms with van der Waals surface area (Å²) in [6.45, 7) is 7.46. The van der Waals surface area contributed by atoms with Crippen LogP contribution < -0.4 is 15.8 Å². The first-order valence-electron chi connectivity index (χ1n) is 8.29. The van der Waals surface area contributed by atoms with Crippen molar-refractivity contribution < 1.29 is 4.74 Å². The molecule has 0 bridgehead atoms. The van der Waals surface area contributed by atoms with Crippen LogP contribution in [0.1, 0.15) is 30.9 Å². The zero-order valence-electron chi connectivity index (χ0n) is 14.1. The molecule has 0 spiro atoms. The summed E-state index contributed by atoms with van der Waals surface area (Å²) in [7, 11) is 0. The van der Waals surface area contributed by atoms with Crippen molar-refractivity contribution >= 4 is 5.82 Å². The number of nitrogen functional groups attached to an aromatic ring is 1. The Morgan fingerprint density at radius 3 is 2.74 bits per heavy atom. The minimum atomic E-state index is 0.173. The van der Waals surface area contributed by atoms with Gasteiger partial charge < -0.3 is 15.8 Å². The number of anilines is 1. The molecule has 2 heterocycles. The molecule has 1 aliphatic rings. The minimum Gasteiger partial charge on any atom is -0.489 e. The topological polar surface area (TPSA) is 60.2 Å². The van der Waals surface area contributed by atoms with Crippen molar-refractivity contribution in [1.82, 2.24) is 10.3 Å². The van der Waals surface area contributed by atoms with Crippen LogP contribution in [0.3, 0.4) is 0 Å². The van der Waals surface area contributed by atoms with Crippen molar-refractivity contribution in [3.8, 4) is 17.0 Å². The van der Waals surface area contributed by atoms with Crippen LogP contribution in [0, 0.1) is 13.8 Å². The number of nitrogens with one attached hydrogen (secondary N) is 1. The highest BCUT2D eigenvalue weighted by molar-refractivity contribution is 5.68. The van der Waals surface area contributed by atoms with Crippen molar-refractivity contribution in [2.75, 3.05) is 12.3 Å². The zero-order chi connectivity index (χ0) is 16.4. The Balaban J connectivity index is 1.85. The maximum atomic E-state index is 6.22. The van der Waals surface area contributed by atoms with E-state index in [-0.39, 0.29) is 6.10 Å². The van der Waals surface area contributed by atoms with Gasteiger partial charge in [0, 0.05) is 11.6 Å². The third kappa shape index (κ3) is 3.32. The molecular formula is C19H25N3O. The minimum absolute atomic E-state index is 0.173. The fourth-order valence-electron chi connectivity index (χ4n) is 3.20. The molecule has 4 nitrogen and oxygen atoms in total. The Bertz CT molecular complexity index is 693. The van der Waals surface area contributed by atoms with Gasteiger partial charge >= 0.3 is 0 Å². The molecule has 2 aromatic rings. The number of hydrogen-bond acceptors (Lipinski definition) is 4. The fraction of sp³-hybridized carbons (Fsp3) is 0.421. The number of ether oxygens (including phenoxy) is 1. The Morgan fingerprint density at radius 2 is 2.04 bits per heavy atom. The van der Waals surface area contributed by atoms with E-state index in [1.807, 2.05) is 18.2 Å². The lowest BCUT2D eigenvalue weighted by Crippen LogP contribution is -2.36. The second-order valence-electron chi connectivity index (χ2n) is 6.33. The van der Waals surface area contributed by atoms with Crippen LogP contribution in [0.5, 0.6) is 5.75 Å². The third-order valence-electron chi connectivity index (χ3n) is 4.76. The van der Waals surface area contributed by atoms with E-state index in [9.17, 15) is 0 Å². The molecule has 1 aromatic heterocycles. The van der Waals surface area contributed by atoms with Crippen molar-refractivity contribution in [3.63, 3.8) is 0 Å². The van der Waals surface area contributed by atoms with Crippen molar-refractivity contribution in [2.24, 2.45) is 0 Å². The summed E-state index contributed by atoms with van der Waals surface area (Å²) in [4.78, 5) is 4.43. The molecule has 0 aliphatic carbocycles. The Labute approximate surface area is 138 Å². The molecule has 0 radical (unpaired) electrons. The van der Waals surface area contributed by atoms with Gasteiger partial charge in [-0.15, -0.1) is 0 Å². The molecule has 2 unspecified atom stereocenters. The smallest absolute Gasteiger partial charge is 0.124 e. The van der Waals surface area contributed by atoms with E-state index in [0.717, 1.165) is 29.1 Å². The third-order valence-corrected chi connectivity index (χ3v) is 4.76. The van der Waals surface area contributed by atoms with Crippen LogP contribution in [0.4, 0.5) is 5.82 Å². The van der Waals surface area contributed by atoms with Crippen molar-refractivity contribution in [2.45, 2.75) is 45.8 Å².